The highest BCUT2D eigenvalue weighted by molar-refractivity contribution is 6.46. The van der Waals surface area contributed by atoms with E-state index in [1.54, 1.807) is 13.8 Å². The molecule has 1 amide bonds. The highest BCUT2D eigenvalue weighted by atomic mass is 16.5. The maximum atomic E-state index is 12.2. The predicted molar refractivity (Wildman–Crippen MR) is 79.9 cm³/mol. The summed E-state index contributed by atoms with van der Waals surface area (Å²) in [6, 6.07) is -0.903. The number of ketones is 2. The molecule has 0 spiro atoms. The van der Waals surface area contributed by atoms with Crippen LogP contribution in [-0.2, 0) is 23.9 Å². The van der Waals surface area contributed by atoms with Gasteiger partial charge in [0.25, 0.3) is 0 Å². The van der Waals surface area contributed by atoms with Crippen LogP contribution in [-0.4, -0.2) is 36.6 Å². The Hall–Kier alpha value is -2.24. The molecule has 0 radical (unpaired) electrons. The second-order valence-electron chi connectivity index (χ2n) is 5.77. The Labute approximate surface area is 129 Å². The number of amides is 1. The fourth-order valence-corrected chi connectivity index (χ4v) is 1.76. The number of esters is 1. The lowest BCUT2D eigenvalue weighted by molar-refractivity contribution is -0.146. The molecular weight excluding hydrogens is 286 g/mol. The van der Waals surface area contributed by atoms with Crippen molar-refractivity contribution < 1.29 is 23.9 Å². The standard InChI is InChI=1S/C16H21NO5/c1-5-16(2,3)15(21)17-11(14(20)22-4)8-10-6-7-12(18)13(19)9-10/h6-7,9,11H,5,8H2,1-4H3,(H,17,21). The Morgan fingerprint density at radius 2 is 1.86 bits per heavy atom. The fraction of sp³-hybridized carbons (Fsp3) is 0.500. The zero-order valence-electron chi connectivity index (χ0n) is 13.3. The lowest BCUT2D eigenvalue weighted by atomic mass is 9.88. The first kappa shape index (κ1) is 17.8. The van der Waals surface area contributed by atoms with Gasteiger partial charge in [0.2, 0.25) is 17.5 Å². The van der Waals surface area contributed by atoms with E-state index in [4.69, 9.17) is 4.74 Å². The SMILES string of the molecule is CCC(C)(C)C(=O)NC(CC1=CC(=O)C(=O)C=C1)C(=O)OC. The highest BCUT2D eigenvalue weighted by Gasteiger charge is 2.31. The number of carbonyl (C=O) groups is 4. The number of allylic oxidation sites excluding steroid dienone is 3. The van der Waals surface area contributed by atoms with E-state index in [1.807, 2.05) is 6.92 Å². The molecule has 120 valence electrons. The van der Waals surface area contributed by atoms with Gasteiger partial charge < -0.3 is 10.1 Å². The van der Waals surface area contributed by atoms with Gasteiger partial charge in [-0.15, -0.1) is 0 Å². The summed E-state index contributed by atoms with van der Waals surface area (Å²) in [4.78, 5) is 46.5. The first-order chi connectivity index (χ1) is 10.2. The van der Waals surface area contributed by atoms with Crippen molar-refractivity contribution in [1.29, 1.82) is 0 Å². The third kappa shape index (κ3) is 4.38. The maximum absolute atomic E-state index is 12.2. The molecule has 0 heterocycles. The van der Waals surface area contributed by atoms with E-state index >= 15 is 0 Å². The van der Waals surface area contributed by atoms with Crippen LogP contribution in [0.4, 0.5) is 0 Å². The number of carbonyl (C=O) groups excluding carboxylic acids is 4. The zero-order valence-corrected chi connectivity index (χ0v) is 13.3. The van der Waals surface area contributed by atoms with Crippen molar-refractivity contribution in [2.45, 2.75) is 39.7 Å². The lowest BCUT2D eigenvalue weighted by Gasteiger charge is -2.25. The Bertz CT molecular complexity index is 557. The van der Waals surface area contributed by atoms with E-state index in [0.29, 0.717) is 12.0 Å². The number of rotatable bonds is 6. The molecule has 0 fully saturated rings. The summed E-state index contributed by atoms with van der Waals surface area (Å²) in [6.07, 6.45) is 4.51. The average molecular weight is 307 g/mol. The van der Waals surface area contributed by atoms with E-state index in [9.17, 15) is 19.2 Å². The van der Waals surface area contributed by atoms with Gasteiger partial charge in [-0.05, 0) is 24.1 Å². The number of hydrogen-bond donors (Lipinski definition) is 1. The Morgan fingerprint density at radius 3 is 2.36 bits per heavy atom. The van der Waals surface area contributed by atoms with Gasteiger partial charge in [-0.3, -0.25) is 14.4 Å². The lowest BCUT2D eigenvalue weighted by Crippen LogP contribution is -2.47. The summed E-state index contributed by atoms with van der Waals surface area (Å²) in [6.45, 7) is 5.43. The summed E-state index contributed by atoms with van der Waals surface area (Å²) in [7, 11) is 1.23. The summed E-state index contributed by atoms with van der Waals surface area (Å²) >= 11 is 0. The first-order valence-electron chi connectivity index (χ1n) is 7.07. The monoisotopic (exact) mass is 307 g/mol. The van der Waals surface area contributed by atoms with Crippen LogP contribution >= 0.6 is 0 Å². The first-order valence-corrected chi connectivity index (χ1v) is 7.07. The number of hydrogen-bond acceptors (Lipinski definition) is 5. The molecule has 1 rings (SSSR count). The molecule has 1 aliphatic carbocycles. The van der Waals surface area contributed by atoms with Crippen molar-refractivity contribution in [2.75, 3.05) is 7.11 Å². The fourth-order valence-electron chi connectivity index (χ4n) is 1.76. The van der Waals surface area contributed by atoms with E-state index < -0.39 is 29.0 Å². The van der Waals surface area contributed by atoms with Crippen LogP contribution in [0.5, 0.6) is 0 Å². The van der Waals surface area contributed by atoms with Crippen LogP contribution in [0.1, 0.15) is 33.6 Å². The van der Waals surface area contributed by atoms with Crippen molar-refractivity contribution >= 4 is 23.4 Å². The van der Waals surface area contributed by atoms with Crippen LogP contribution < -0.4 is 5.32 Å². The van der Waals surface area contributed by atoms with E-state index in [0.717, 1.165) is 6.08 Å². The molecule has 1 aliphatic rings. The molecule has 6 nitrogen and oxygen atoms in total. The maximum Gasteiger partial charge on any atom is 0.328 e. The van der Waals surface area contributed by atoms with Gasteiger partial charge in [0.1, 0.15) is 6.04 Å². The second-order valence-corrected chi connectivity index (χ2v) is 5.77. The molecule has 0 bridgehead atoms. The third-order valence-electron chi connectivity index (χ3n) is 3.74. The van der Waals surface area contributed by atoms with Gasteiger partial charge in [-0.1, -0.05) is 26.8 Å². The van der Waals surface area contributed by atoms with Crippen molar-refractivity contribution in [1.82, 2.24) is 5.32 Å². The molecule has 0 aromatic rings. The van der Waals surface area contributed by atoms with Crippen LogP contribution in [0.3, 0.4) is 0 Å². The Balaban J connectivity index is 2.87. The summed E-state index contributed by atoms with van der Waals surface area (Å²) in [5.74, 6) is -2.11. The minimum atomic E-state index is -0.903. The third-order valence-corrected chi connectivity index (χ3v) is 3.74. The molecule has 22 heavy (non-hydrogen) atoms. The quantitative estimate of drug-likeness (QED) is 0.451. The molecule has 1 N–H and O–H groups in total. The molecule has 0 saturated heterocycles. The van der Waals surface area contributed by atoms with Crippen LogP contribution in [0.2, 0.25) is 0 Å². The molecule has 0 aliphatic heterocycles. The minimum Gasteiger partial charge on any atom is -0.467 e. The largest absolute Gasteiger partial charge is 0.467 e. The zero-order chi connectivity index (χ0) is 16.9. The van der Waals surface area contributed by atoms with Gasteiger partial charge in [0.05, 0.1) is 7.11 Å². The molecule has 6 heteroatoms. The molecular formula is C16H21NO5. The molecule has 0 saturated carbocycles. The van der Waals surface area contributed by atoms with Gasteiger partial charge in [-0.2, -0.15) is 0 Å². The molecule has 1 atom stereocenters. The predicted octanol–water partition coefficient (Wildman–Crippen LogP) is 1.10. The van der Waals surface area contributed by atoms with E-state index in [2.05, 4.69) is 5.32 Å². The van der Waals surface area contributed by atoms with Crippen LogP contribution in [0.15, 0.2) is 23.8 Å². The summed E-state index contributed by atoms with van der Waals surface area (Å²) in [5.41, 5.74) is -0.121. The van der Waals surface area contributed by atoms with Crippen molar-refractivity contribution in [3.8, 4) is 0 Å². The molecule has 1 unspecified atom stereocenters. The van der Waals surface area contributed by atoms with Crippen molar-refractivity contribution in [3.05, 3.63) is 23.8 Å². The van der Waals surface area contributed by atoms with Gasteiger partial charge >= 0.3 is 5.97 Å². The number of methoxy groups -OCH3 is 1. The van der Waals surface area contributed by atoms with Gasteiger partial charge in [0.15, 0.2) is 0 Å². The number of ether oxygens (including phenoxy) is 1. The Morgan fingerprint density at radius 1 is 1.23 bits per heavy atom. The van der Waals surface area contributed by atoms with Crippen LogP contribution in [0, 0.1) is 5.41 Å². The van der Waals surface area contributed by atoms with E-state index in [-0.39, 0.29) is 12.3 Å². The second kappa shape index (κ2) is 7.15. The van der Waals surface area contributed by atoms with Gasteiger partial charge in [-0.25, -0.2) is 4.79 Å². The Kier molecular flexibility index (Phi) is 5.79. The summed E-state index contributed by atoms with van der Waals surface area (Å²) in [5, 5.41) is 2.65. The summed E-state index contributed by atoms with van der Waals surface area (Å²) < 4.78 is 4.69. The normalized spacial score (nSPS) is 16.1. The smallest absolute Gasteiger partial charge is 0.328 e. The van der Waals surface area contributed by atoms with Gasteiger partial charge in [0, 0.05) is 11.8 Å². The van der Waals surface area contributed by atoms with E-state index in [1.165, 1.54) is 19.3 Å². The molecule has 0 aromatic carbocycles. The topological polar surface area (TPSA) is 89.5 Å². The number of nitrogens with one attached hydrogen (secondary N) is 1. The average Bonchev–Trinajstić information content (AvgIpc) is 2.49. The van der Waals surface area contributed by atoms with Crippen molar-refractivity contribution in [2.24, 2.45) is 5.41 Å². The van der Waals surface area contributed by atoms with Crippen LogP contribution in [0.25, 0.3) is 0 Å². The van der Waals surface area contributed by atoms with Crippen molar-refractivity contribution in [3.63, 3.8) is 0 Å². The minimum absolute atomic E-state index is 0.0910. The highest BCUT2D eigenvalue weighted by Crippen LogP contribution is 2.21. The molecule has 0 aromatic heterocycles.